The number of ether oxygens (including phenoxy) is 1. The molecule has 0 saturated heterocycles. The molecular formula is C43H26ClF6N5O. The van der Waals surface area contributed by atoms with Crippen LogP contribution in [0.3, 0.4) is 0 Å². The van der Waals surface area contributed by atoms with Crippen molar-refractivity contribution in [2.75, 3.05) is 0 Å². The first-order chi connectivity index (χ1) is 26.9. The summed E-state index contributed by atoms with van der Waals surface area (Å²) in [5, 5.41) is 17.6. The third-order valence-electron chi connectivity index (χ3n) is 8.48. The Hall–Kier alpha value is -6.66. The van der Waals surface area contributed by atoms with Gasteiger partial charge in [-0.1, -0.05) is 103 Å². The summed E-state index contributed by atoms with van der Waals surface area (Å²) in [6, 6.07) is 41.0. The highest BCUT2D eigenvalue weighted by molar-refractivity contribution is 6.29. The molecule has 0 saturated carbocycles. The molecule has 278 valence electrons. The molecule has 0 aliphatic carbocycles. The summed E-state index contributed by atoms with van der Waals surface area (Å²) in [5.41, 5.74) is 4.47. The lowest BCUT2D eigenvalue weighted by Crippen LogP contribution is -2.04. The second-order valence-electron chi connectivity index (χ2n) is 12.2. The lowest BCUT2D eigenvalue weighted by molar-refractivity contribution is -0.138. The van der Waals surface area contributed by atoms with E-state index in [0.29, 0.717) is 39.4 Å². The normalized spacial score (nSPS) is 11.5. The summed E-state index contributed by atoms with van der Waals surface area (Å²) < 4.78 is 83.1. The van der Waals surface area contributed by atoms with Gasteiger partial charge in [0.1, 0.15) is 17.1 Å². The van der Waals surface area contributed by atoms with E-state index in [9.17, 15) is 26.3 Å². The zero-order chi connectivity index (χ0) is 39.3. The van der Waals surface area contributed by atoms with E-state index in [1.165, 1.54) is 24.3 Å². The van der Waals surface area contributed by atoms with Crippen molar-refractivity contribution in [1.82, 2.24) is 25.4 Å². The molecule has 0 aliphatic rings. The Kier molecular flexibility index (Phi) is 10.7. The van der Waals surface area contributed by atoms with Crippen LogP contribution in [0, 0.1) is 0 Å². The molecule has 3 aromatic heterocycles. The Labute approximate surface area is 321 Å². The van der Waals surface area contributed by atoms with Gasteiger partial charge in [0.05, 0.1) is 16.6 Å². The third kappa shape index (κ3) is 8.82. The van der Waals surface area contributed by atoms with Gasteiger partial charge >= 0.3 is 12.4 Å². The van der Waals surface area contributed by atoms with Crippen LogP contribution in [0.2, 0.25) is 5.15 Å². The first-order valence-electron chi connectivity index (χ1n) is 16.8. The molecule has 0 N–H and O–H groups in total. The molecule has 8 rings (SSSR count). The van der Waals surface area contributed by atoms with Gasteiger partial charge in [-0.25, -0.2) is 0 Å². The van der Waals surface area contributed by atoms with Gasteiger partial charge < -0.3 is 4.74 Å². The van der Waals surface area contributed by atoms with Crippen molar-refractivity contribution in [3.05, 3.63) is 174 Å². The fraction of sp³-hybridized carbons (Fsp3) is 0.0465. The molecule has 0 atom stereocenters. The van der Waals surface area contributed by atoms with Gasteiger partial charge in [0, 0.05) is 46.0 Å². The van der Waals surface area contributed by atoms with Gasteiger partial charge in [-0.05, 0) is 59.7 Å². The standard InChI is InChI=1S/C26H16F3N3O.C17H10ClF3N2/c27-26(28,29)20-11-8-17(9-12-20)22-16-24(31-32-25(22)19-5-2-1-3-6-19)33-21-13-10-18-7-4-14-30-23(18)15-21;18-15-10-14(11-6-8-13(9-7-11)17(19,20)21)16(23-22-15)12-4-2-1-3-5-12/h1-16H;1-10H. The molecule has 0 aliphatic heterocycles. The van der Waals surface area contributed by atoms with Crippen molar-refractivity contribution in [3.63, 3.8) is 0 Å². The van der Waals surface area contributed by atoms with Gasteiger partial charge in [-0.3, -0.25) is 4.98 Å². The molecule has 0 radical (unpaired) electrons. The van der Waals surface area contributed by atoms with E-state index in [2.05, 4.69) is 25.4 Å². The number of hydrogen-bond donors (Lipinski definition) is 0. The molecule has 8 aromatic rings. The molecular weight excluding hydrogens is 752 g/mol. The smallest absolute Gasteiger partial charge is 0.416 e. The first kappa shape index (κ1) is 37.6. The van der Waals surface area contributed by atoms with E-state index < -0.39 is 23.5 Å². The summed E-state index contributed by atoms with van der Waals surface area (Å²) in [7, 11) is 0. The molecule has 3 heterocycles. The molecule has 6 nitrogen and oxygen atoms in total. The van der Waals surface area contributed by atoms with E-state index in [0.717, 1.165) is 46.3 Å². The first-order valence-corrected chi connectivity index (χ1v) is 17.2. The van der Waals surface area contributed by atoms with Crippen LogP contribution in [0.4, 0.5) is 26.3 Å². The van der Waals surface area contributed by atoms with Gasteiger partial charge in [0.25, 0.3) is 0 Å². The fourth-order valence-electron chi connectivity index (χ4n) is 5.76. The summed E-state index contributed by atoms with van der Waals surface area (Å²) >= 11 is 5.90. The van der Waals surface area contributed by atoms with Crippen molar-refractivity contribution in [2.24, 2.45) is 0 Å². The number of fused-ring (bicyclic) bond motifs is 1. The topological polar surface area (TPSA) is 73.7 Å². The van der Waals surface area contributed by atoms with Crippen LogP contribution in [0.15, 0.2) is 158 Å². The van der Waals surface area contributed by atoms with Gasteiger partial charge in [0.2, 0.25) is 5.88 Å². The lowest BCUT2D eigenvalue weighted by atomic mass is 9.99. The highest BCUT2D eigenvalue weighted by atomic mass is 35.5. The van der Waals surface area contributed by atoms with Crippen LogP contribution < -0.4 is 4.74 Å². The second kappa shape index (κ2) is 16.0. The molecule has 56 heavy (non-hydrogen) atoms. The van der Waals surface area contributed by atoms with E-state index in [4.69, 9.17) is 16.3 Å². The van der Waals surface area contributed by atoms with Crippen LogP contribution in [0.1, 0.15) is 11.1 Å². The maximum absolute atomic E-state index is 13.0. The largest absolute Gasteiger partial charge is 0.437 e. The van der Waals surface area contributed by atoms with Crippen molar-refractivity contribution in [1.29, 1.82) is 0 Å². The Morgan fingerprint density at radius 2 is 0.982 bits per heavy atom. The number of aromatic nitrogens is 5. The third-order valence-corrected chi connectivity index (χ3v) is 8.66. The van der Waals surface area contributed by atoms with Crippen LogP contribution >= 0.6 is 11.6 Å². The maximum Gasteiger partial charge on any atom is 0.416 e. The number of hydrogen-bond acceptors (Lipinski definition) is 6. The van der Waals surface area contributed by atoms with Crippen molar-refractivity contribution in [3.8, 4) is 56.4 Å². The zero-order valence-corrected chi connectivity index (χ0v) is 29.6. The minimum absolute atomic E-state index is 0.180. The highest BCUT2D eigenvalue weighted by Crippen LogP contribution is 2.37. The number of halogens is 7. The molecule has 5 aromatic carbocycles. The molecule has 0 amide bonds. The molecule has 0 bridgehead atoms. The predicted molar refractivity (Wildman–Crippen MR) is 203 cm³/mol. The molecule has 0 spiro atoms. The number of rotatable bonds is 6. The van der Waals surface area contributed by atoms with Crippen LogP contribution in [0.25, 0.3) is 55.7 Å². The summed E-state index contributed by atoms with van der Waals surface area (Å²) in [6.07, 6.45) is -7.08. The van der Waals surface area contributed by atoms with E-state index >= 15 is 0 Å². The lowest BCUT2D eigenvalue weighted by Gasteiger charge is -2.13. The minimum atomic E-state index is -4.41. The number of benzene rings is 5. The Bertz CT molecular complexity index is 2590. The van der Waals surface area contributed by atoms with Crippen LogP contribution in [-0.4, -0.2) is 25.4 Å². The summed E-state index contributed by atoms with van der Waals surface area (Å²) in [5.74, 6) is 0.751. The summed E-state index contributed by atoms with van der Waals surface area (Å²) in [4.78, 5) is 4.32. The number of nitrogens with zero attached hydrogens (tertiary/aromatic N) is 5. The van der Waals surface area contributed by atoms with E-state index in [-0.39, 0.29) is 11.0 Å². The fourth-order valence-corrected chi connectivity index (χ4v) is 5.91. The number of pyridine rings is 1. The SMILES string of the molecule is FC(F)(F)c1ccc(-c2cc(Cl)nnc2-c2ccccc2)cc1.FC(F)(F)c1ccc(-c2cc(Oc3ccc4cccnc4c3)nnc2-c2ccccc2)cc1. The Morgan fingerprint density at radius 3 is 1.52 bits per heavy atom. The number of alkyl halides is 6. The van der Waals surface area contributed by atoms with Gasteiger partial charge in [0.15, 0.2) is 5.15 Å². The highest BCUT2D eigenvalue weighted by Gasteiger charge is 2.31. The van der Waals surface area contributed by atoms with E-state index in [1.807, 2.05) is 78.9 Å². The average molecular weight is 778 g/mol. The molecule has 0 unspecified atom stereocenters. The monoisotopic (exact) mass is 777 g/mol. The second-order valence-corrected chi connectivity index (χ2v) is 12.6. The summed E-state index contributed by atoms with van der Waals surface area (Å²) in [6.45, 7) is 0. The van der Waals surface area contributed by atoms with Crippen molar-refractivity contribution < 1.29 is 31.1 Å². The van der Waals surface area contributed by atoms with Gasteiger partial charge in [-0.15, -0.1) is 20.4 Å². The zero-order valence-electron chi connectivity index (χ0n) is 28.8. The van der Waals surface area contributed by atoms with E-state index in [1.54, 1.807) is 30.5 Å². The maximum atomic E-state index is 13.0. The average Bonchev–Trinajstić information content (AvgIpc) is 3.21. The quantitative estimate of drug-likeness (QED) is 0.157. The van der Waals surface area contributed by atoms with Crippen LogP contribution in [0.5, 0.6) is 11.6 Å². The van der Waals surface area contributed by atoms with Crippen molar-refractivity contribution in [2.45, 2.75) is 12.4 Å². The Balaban J connectivity index is 0.000000183. The van der Waals surface area contributed by atoms with Crippen molar-refractivity contribution >= 4 is 22.5 Å². The minimum Gasteiger partial charge on any atom is -0.437 e. The Morgan fingerprint density at radius 1 is 0.464 bits per heavy atom. The predicted octanol–water partition coefficient (Wildman–Crippen LogP) is 12.7. The van der Waals surface area contributed by atoms with Crippen LogP contribution in [-0.2, 0) is 12.4 Å². The van der Waals surface area contributed by atoms with Gasteiger partial charge in [-0.2, -0.15) is 26.3 Å². The molecule has 0 fully saturated rings. The molecule has 13 heteroatoms.